The number of nitrogens with one attached hydrogen (secondary N) is 1. The van der Waals surface area contributed by atoms with E-state index in [-0.39, 0.29) is 5.97 Å². The van der Waals surface area contributed by atoms with E-state index in [1.807, 2.05) is 6.92 Å². The van der Waals surface area contributed by atoms with Crippen molar-refractivity contribution in [2.24, 2.45) is 5.92 Å². The van der Waals surface area contributed by atoms with Crippen molar-refractivity contribution in [3.05, 3.63) is 0 Å². The Balaban J connectivity index is 2.03. The molecule has 1 N–H and O–H groups in total. The molecule has 0 spiro atoms. The first kappa shape index (κ1) is 16.8. The number of hydrogen-bond donors (Lipinski definition) is 1. The van der Waals surface area contributed by atoms with Gasteiger partial charge in [-0.3, -0.25) is 15.0 Å². The Hall–Kier alpha value is -0.610. The number of esters is 1. The summed E-state index contributed by atoms with van der Waals surface area (Å²) in [7, 11) is 1.49. The Morgan fingerprint density at radius 2 is 2.00 bits per heavy atom. The van der Waals surface area contributed by atoms with E-state index in [2.05, 4.69) is 31.0 Å². The van der Waals surface area contributed by atoms with Crippen LogP contribution in [0.5, 0.6) is 0 Å². The summed E-state index contributed by atoms with van der Waals surface area (Å²) in [6, 6.07) is 1.55. The van der Waals surface area contributed by atoms with Crippen LogP contribution in [0.1, 0.15) is 59.8 Å². The molecule has 2 rings (SSSR count). The molecule has 1 heterocycles. The molecule has 21 heavy (non-hydrogen) atoms. The van der Waals surface area contributed by atoms with Crippen molar-refractivity contribution in [3.63, 3.8) is 0 Å². The van der Waals surface area contributed by atoms with E-state index in [1.165, 1.54) is 32.8 Å². The minimum Gasteiger partial charge on any atom is -0.468 e. The molecule has 0 radical (unpaired) electrons. The monoisotopic (exact) mass is 296 g/mol. The highest BCUT2D eigenvalue weighted by Crippen LogP contribution is 2.31. The number of ether oxygens (including phenoxy) is 1. The van der Waals surface area contributed by atoms with Crippen LogP contribution in [0.25, 0.3) is 0 Å². The normalized spacial score (nSPS) is 27.6. The van der Waals surface area contributed by atoms with Crippen LogP contribution < -0.4 is 5.32 Å². The van der Waals surface area contributed by atoms with E-state index < -0.39 is 5.54 Å². The second-order valence-corrected chi connectivity index (χ2v) is 7.49. The first-order valence-electron chi connectivity index (χ1n) is 8.49. The maximum atomic E-state index is 12.3. The number of methoxy groups -OCH3 is 1. The molecule has 1 aliphatic carbocycles. The van der Waals surface area contributed by atoms with Gasteiger partial charge in [0.2, 0.25) is 0 Å². The second kappa shape index (κ2) is 6.66. The number of carbonyl (C=O) groups is 1. The topological polar surface area (TPSA) is 41.6 Å². The molecule has 2 aliphatic rings. The predicted octanol–water partition coefficient (Wildman–Crippen LogP) is 2.57. The maximum absolute atomic E-state index is 12.3. The summed E-state index contributed by atoms with van der Waals surface area (Å²) in [4.78, 5) is 14.9. The Kier molecular flexibility index (Phi) is 5.31. The molecule has 1 saturated heterocycles. The molecule has 1 aliphatic heterocycles. The smallest absolute Gasteiger partial charge is 0.325 e. The molecular formula is C17H32N2O2. The fraction of sp³-hybridized carbons (Fsp3) is 0.941. The van der Waals surface area contributed by atoms with Crippen LogP contribution in [0, 0.1) is 5.92 Å². The highest BCUT2D eigenvalue weighted by atomic mass is 16.5. The molecule has 2 fully saturated rings. The zero-order valence-electron chi connectivity index (χ0n) is 14.3. The zero-order chi connectivity index (χ0) is 15.6. The molecule has 3 unspecified atom stereocenters. The fourth-order valence-electron chi connectivity index (χ4n) is 3.89. The van der Waals surface area contributed by atoms with Crippen LogP contribution in [-0.2, 0) is 9.53 Å². The van der Waals surface area contributed by atoms with Crippen LogP contribution in [0.4, 0.5) is 0 Å². The van der Waals surface area contributed by atoms with Gasteiger partial charge in [-0.05, 0) is 58.4 Å². The van der Waals surface area contributed by atoms with Gasteiger partial charge >= 0.3 is 5.97 Å². The van der Waals surface area contributed by atoms with E-state index in [4.69, 9.17) is 4.74 Å². The van der Waals surface area contributed by atoms with Gasteiger partial charge in [-0.15, -0.1) is 0 Å². The average molecular weight is 296 g/mol. The summed E-state index contributed by atoms with van der Waals surface area (Å²) >= 11 is 0. The van der Waals surface area contributed by atoms with Crippen molar-refractivity contribution in [3.8, 4) is 0 Å². The lowest BCUT2D eigenvalue weighted by Crippen LogP contribution is -2.55. The van der Waals surface area contributed by atoms with Crippen molar-refractivity contribution in [1.29, 1.82) is 0 Å². The zero-order valence-corrected chi connectivity index (χ0v) is 14.3. The van der Waals surface area contributed by atoms with Crippen molar-refractivity contribution in [2.75, 3.05) is 13.7 Å². The Morgan fingerprint density at radius 1 is 1.33 bits per heavy atom. The van der Waals surface area contributed by atoms with Gasteiger partial charge in [0, 0.05) is 18.1 Å². The summed E-state index contributed by atoms with van der Waals surface area (Å²) in [5, 5.41) is 3.52. The molecule has 1 saturated carbocycles. The minimum atomic E-state index is -0.556. The van der Waals surface area contributed by atoms with Gasteiger partial charge in [0.25, 0.3) is 0 Å². The van der Waals surface area contributed by atoms with Crippen molar-refractivity contribution < 1.29 is 9.53 Å². The third-order valence-electron chi connectivity index (χ3n) is 5.12. The summed E-state index contributed by atoms with van der Waals surface area (Å²) in [5.74, 6) is 0.553. The van der Waals surface area contributed by atoms with Gasteiger partial charge in [0.15, 0.2) is 0 Å². The van der Waals surface area contributed by atoms with Crippen LogP contribution >= 0.6 is 0 Å². The van der Waals surface area contributed by atoms with E-state index in [9.17, 15) is 4.79 Å². The number of rotatable bonds is 7. The first-order valence-corrected chi connectivity index (χ1v) is 8.49. The van der Waals surface area contributed by atoms with E-state index >= 15 is 0 Å². The number of likely N-dealkylation sites (tertiary alicyclic amines) is 1. The quantitative estimate of drug-likeness (QED) is 0.733. The summed E-state index contributed by atoms with van der Waals surface area (Å²) in [6.45, 7) is 10.0. The van der Waals surface area contributed by atoms with Crippen LogP contribution in [-0.4, -0.2) is 48.2 Å². The van der Waals surface area contributed by atoms with E-state index in [0.29, 0.717) is 24.0 Å². The highest BCUT2D eigenvalue weighted by molar-refractivity contribution is 5.80. The number of carbonyl (C=O) groups excluding carboxylic acids is 1. The number of hydrogen-bond acceptors (Lipinski definition) is 4. The second-order valence-electron chi connectivity index (χ2n) is 7.49. The third-order valence-corrected chi connectivity index (χ3v) is 5.12. The molecule has 0 amide bonds. The molecular weight excluding hydrogens is 264 g/mol. The molecule has 122 valence electrons. The van der Waals surface area contributed by atoms with Gasteiger partial charge in [-0.1, -0.05) is 13.8 Å². The molecule has 0 aromatic heterocycles. The van der Waals surface area contributed by atoms with Gasteiger partial charge in [-0.2, -0.15) is 0 Å². The standard InChI is InChI=1S/C17H32N2O2/c1-12(2)15-7-6-10-19(15)13(3)11-17(4,16(20)21-5)18-14-8-9-14/h12-15,18H,6-11H2,1-5H3. The lowest BCUT2D eigenvalue weighted by atomic mass is 9.91. The van der Waals surface area contributed by atoms with E-state index in [0.717, 1.165) is 13.0 Å². The van der Waals surface area contributed by atoms with Gasteiger partial charge in [0.1, 0.15) is 5.54 Å². The first-order chi connectivity index (χ1) is 9.87. The lowest BCUT2D eigenvalue weighted by Gasteiger charge is -2.38. The number of nitrogens with zero attached hydrogens (tertiary/aromatic N) is 1. The Labute approximate surface area is 129 Å². The summed E-state index contributed by atoms with van der Waals surface area (Å²) in [6.07, 6.45) is 5.74. The molecule has 0 aromatic rings. The molecule has 3 atom stereocenters. The summed E-state index contributed by atoms with van der Waals surface area (Å²) < 4.78 is 5.06. The van der Waals surface area contributed by atoms with Crippen LogP contribution in [0.15, 0.2) is 0 Å². The Morgan fingerprint density at radius 3 is 2.52 bits per heavy atom. The van der Waals surface area contributed by atoms with Gasteiger partial charge in [-0.25, -0.2) is 0 Å². The molecule has 0 bridgehead atoms. The molecule has 0 aromatic carbocycles. The van der Waals surface area contributed by atoms with Crippen LogP contribution in [0.2, 0.25) is 0 Å². The van der Waals surface area contributed by atoms with Gasteiger partial charge < -0.3 is 4.74 Å². The average Bonchev–Trinajstić information content (AvgIpc) is 3.08. The molecule has 4 heteroatoms. The van der Waals surface area contributed by atoms with Crippen LogP contribution in [0.3, 0.4) is 0 Å². The van der Waals surface area contributed by atoms with Crippen molar-refractivity contribution >= 4 is 5.97 Å². The predicted molar refractivity (Wildman–Crippen MR) is 85.2 cm³/mol. The van der Waals surface area contributed by atoms with Crippen molar-refractivity contribution in [1.82, 2.24) is 10.2 Å². The fourth-order valence-corrected chi connectivity index (χ4v) is 3.89. The lowest BCUT2D eigenvalue weighted by molar-refractivity contribution is -0.149. The van der Waals surface area contributed by atoms with E-state index in [1.54, 1.807) is 0 Å². The van der Waals surface area contributed by atoms with Gasteiger partial charge in [0.05, 0.1) is 7.11 Å². The largest absolute Gasteiger partial charge is 0.468 e. The Bertz CT molecular complexity index is 368. The molecule has 4 nitrogen and oxygen atoms in total. The SMILES string of the molecule is COC(=O)C(C)(CC(C)N1CCCC1C(C)C)NC1CC1. The minimum absolute atomic E-state index is 0.124. The third kappa shape index (κ3) is 3.98. The van der Waals surface area contributed by atoms with Crippen molar-refractivity contribution in [2.45, 2.75) is 83.5 Å². The summed E-state index contributed by atoms with van der Waals surface area (Å²) in [5.41, 5.74) is -0.556. The maximum Gasteiger partial charge on any atom is 0.325 e. The highest BCUT2D eigenvalue weighted by Gasteiger charge is 2.42.